The van der Waals surface area contributed by atoms with Gasteiger partial charge in [0, 0.05) is 44.4 Å². The van der Waals surface area contributed by atoms with E-state index in [4.69, 9.17) is 26.2 Å². The van der Waals surface area contributed by atoms with Crippen LogP contribution in [-0.2, 0) is 21.3 Å². The van der Waals surface area contributed by atoms with Gasteiger partial charge in [-0.2, -0.15) is 0 Å². The molecule has 4 rings (SSSR count). The number of rotatable bonds is 6. The Morgan fingerprint density at radius 3 is 2.47 bits per heavy atom. The van der Waals surface area contributed by atoms with Crippen molar-refractivity contribution in [3.05, 3.63) is 52.8 Å². The third kappa shape index (κ3) is 4.93. The van der Waals surface area contributed by atoms with Crippen molar-refractivity contribution in [3.8, 4) is 11.5 Å². The van der Waals surface area contributed by atoms with Crippen molar-refractivity contribution in [2.45, 2.75) is 17.5 Å². The van der Waals surface area contributed by atoms with Crippen molar-refractivity contribution in [2.75, 3.05) is 39.4 Å². The molecular formula is C20H23ClFN3O4S. The lowest BCUT2D eigenvalue weighted by Gasteiger charge is -2.42. The van der Waals surface area contributed by atoms with E-state index in [9.17, 15) is 12.8 Å². The maximum atomic E-state index is 13.4. The first-order valence-electron chi connectivity index (χ1n) is 9.62. The molecule has 7 nitrogen and oxygen atoms in total. The lowest BCUT2D eigenvalue weighted by molar-refractivity contribution is -0.0774. The minimum atomic E-state index is -3.85. The molecule has 2 saturated heterocycles. The number of nitrogens with zero attached hydrogens (tertiary/aromatic N) is 2. The molecule has 0 spiro atoms. The van der Waals surface area contributed by atoms with Gasteiger partial charge in [0.1, 0.15) is 17.3 Å². The number of hydrogen-bond acceptors (Lipinski definition) is 6. The summed E-state index contributed by atoms with van der Waals surface area (Å²) in [4.78, 5) is 4.67. The van der Waals surface area contributed by atoms with Crippen molar-refractivity contribution in [1.82, 2.24) is 9.80 Å². The first-order chi connectivity index (χ1) is 14.3. The van der Waals surface area contributed by atoms with Crippen molar-refractivity contribution >= 4 is 21.6 Å². The minimum absolute atomic E-state index is 0.0206. The van der Waals surface area contributed by atoms with E-state index in [0.29, 0.717) is 29.6 Å². The van der Waals surface area contributed by atoms with E-state index in [1.165, 1.54) is 30.3 Å². The van der Waals surface area contributed by atoms with E-state index in [2.05, 4.69) is 9.80 Å². The summed E-state index contributed by atoms with van der Waals surface area (Å²) in [6.45, 7) is 5.61. The summed E-state index contributed by atoms with van der Waals surface area (Å²) in [7, 11) is -3.85. The fourth-order valence-electron chi connectivity index (χ4n) is 3.58. The third-order valence-electron chi connectivity index (χ3n) is 5.42. The number of halogens is 2. The highest BCUT2D eigenvalue weighted by molar-refractivity contribution is 7.89. The summed E-state index contributed by atoms with van der Waals surface area (Å²) in [6, 6.07) is 9.06. The summed E-state index contributed by atoms with van der Waals surface area (Å²) in [6.07, 6.45) is 0. The minimum Gasteiger partial charge on any atom is -0.457 e. The van der Waals surface area contributed by atoms with Crippen LogP contribution in [0.25, 0.3) is 0 Å². The molecule has 2 aliphatic rings. The number of ether oxygens (including phenoxy) is 2. The van der Waals surface area contributed by atoms with Gasteiger partial charge in [0.05, 0.1) is 29.2 Å². The molecule has 2 heterocycles. The van der Waals surface area contributed by atoms with Gasteiger partial charge in [-0.15, -0.1) is 0 Å². The van der Waals surface area contributed by atoms with Crippen LogP contribution in [0.2, 0.25) is 5.02 Å². The zero-order valence-corrected chi connectivity index (χ0v) is 17.8. The Labute approximate surface area is 180 Å². The Hall–Kier alpha value is -1.75. The summed E-state index contributed by atoms with van der Waals surface area (Å²) in [5.74, 6) is 0.296. The van der Waals surface area contributed by atoms with Crippen LogP contribution in [0, 0.1) is 5.82 Å². The lowest BCUT2D eigenvalue weighted by atomic mass is 10.1. The maximum Gasteiger partial charge on any atom is 0.238 e. The van der Waals surface area contributed by atoms with E-state index < -0.39 is 15.8 Å². The van der Waals surface area contributed by atoms with Crippen LogP contribution in [0.15, 0.2) is 41.3 Å². The van der Waals surface area contributed by atoms with Crippen LogP contribution in [0.3, 0.4) is 0 Å². The van der Waals surface area contributed by atoms with Crippen LogP contribution < -0.4 is 9.88 Å². The normalized spacial score (nSPS) is 18.9. The van der Waals surface area contributed by atoms with Gasteiger partial charge in [0.2, 0.25) is 10.0 Å². The summed E-state index contributed by atoms with van der Waals surface area (Å²) < 4.78 is 48.3. The van der Waals surface area contributed by atoms with Crippen LogP contribution in [-0.4, -0.2) is 63.7 Å². The van der Waals surface area contributed by atoms with Gasteiger partial charge >= 0.3 is 0 Å². The maximum absolute atomic E-state index is 13.4. The molecule has 2 aromatic carbocycles. The quantitative estimate of drug-likeness (QED) is 0.720. The smallest absolute Gasteiger partial charge is 0.238 e. The second-order valence-corrected chi connectivity index (χ2v) is 9.46. The highest BCUT2D eigenvalue weighted by Crippen LogP contribution is 2.31. The standard InChI is InChI=1S/C20H23ClFN3O4S/c21-18-10-16(1-3-19(18)22)29-20-4-2-17(30(23,26)27)9-14(20)11-24-5-7-25(8-6-24)15-12-28-13-15/h1-4,9-10,15H,5-8,11-13H2,(H2,23,26,27). The fourth-order valence-corrected chi connectivity index (χ4v) is 4.32. The van der Waals surface area contributed by atoms with Gasteiger partial charge in [-0.3, -0.25) is 9.80 Å². The highest BCUT2D eigenvalue weighted by atomic mass is 35.5. The molecule has 0 radical (unpaired) electrons. The number of benzene rings is 2. The first kappa shape index (κ1) is 21.5. The molecule has 2 fully saturated rings. The average Bonchev–Trinajstić information content (AvgIpc) is 2.65. The lowest BCUT2D eigenvalue weighted by Crippen LogP contribution is -2.56. The monoisotopic (exact) mass is 455 g/mol. The SMILES string of the molecule is NS(=O)(=O)c1ccc(Oc2ccc(F)c(Cl)c2)c(CN2CCN(C3COC3)CC2)c1. The van der Waals surface area contributed by atoms with Gasteiger partial charge < -0.3 is 9.47 Å². The second-order valence-electron chi connectivity index (χ2n) is 7.50. The van der Waals surface area contributed by atoms with Crippen molar-refractivity contribution in [1.29, 1.82) is 0 Å². The molecule has 2 aromatic rings. The molecule has 0 aliphatic carbocycles. The van der Waals surface area contributed by atoms with Crippen LogP contribution >= 0.6 is 11.6 Å². The summed E-state index contributed by atoms with van der Waals surface area (Å²) in [5, 5.41) is 5.26. The van der Waals surface area contributed by atoms with Gasteiger partial charge in [-0.1, -0.05) is 11.6 Å². The first-order valence-corrected chi connectivity index (χ1v) is 11.5. The molecule has 0 unspecified atom stereocenters. The molecule has 2 N–H and O–H groups in total. The largest absolute Gasteiger partial charge is 0.457 e. The topological polar surface area (TPSA) is 85.1 Å². The number of nitrogens with two attached hydrogens (primary N) is 1. The Morgan fingerprint density at radius 1 is 1.13 bits per heavy atom. The highest BCUT2D eigenvalue weighted by Gasteiger charge is 2.29. The second kappa shape index (κ2) is 8.78. The molecule has 162 valence electrons. The van der Waals surface area contributed by atoms with Crippen molar-refractivity contribution < 1.29 is 22.3 Å². The number of hydrogen-bond donors (Lipinski definition) is 1. The van der Waals surface area contributed by atoms with Crippen molar-refractivity contribution in [3.63, 3.8) is 0 Å². The summed E-state index contributed by atoms with van der Waals surface area (Å²) in [5.41, 5.74) is 0.683. The Kier molecular flexibility index (Phi) is 6.29. The van der Waals surface area contributed by atoms with Crippen LogP contribution in [0.5, 0.6) is 11.5 Å². The molecule has 0 aromatic heterocycles. The van der Waals surface area contributed by atoms with E-state index >= 15 is 0 Å². The van der Waals surface area contributed by atoms with Crippen LogP contribution in [0.4, 0.5) is 4.39 Å². The third-order valence-corrected chi connectivity index (χ3v) is 6.62. The Bertz CT molecular complexity index is 1020. The predicted molar refractivity (Wildman–Crippen MR) is 111 cm³/mol. The molecule has 0 bridgehead atoms. The van der Waals surface area contributed by atoms with E-state index in [-0.39, 0.29) is 9.92 Å². The van der Waals surface area contributed by atoms with E-state index in [0.717, 1.165) is 39.4 Å². The number of primary sulfonamides is 1. The summed E-state index contributed by atoms with van der Waals surface area (Å²) >= 11 is 5.84. The van der Waals surface area contributed by atoms with Gasteiger partial charge in [0.15, 0.2) is 0 Å². The Morgan fingerprint density at radius 2 is 1.87 bits per heavy atom. The predicted octanol–water partition coefficient (Wildman–Crippen LogP) is 2.44. The molecule has 0 saturated carbocycles. The average molecular weight is 456 g/mol. The van der Waals surface area contributed by atoms with Crippen molar-refractivity contribution in [2.24, 2.45) is 5.14 Å². The number of sulfonamides is 1. The van der Waals surface area contributed by atoms with Crippen LogP contribution in [0.1, 0.15) is 5.56 Å². The Balaban J connectivity index is 1.53. The molecule has 30 heavy (non-hydrogen) atoms. The van der Waals surface area contributed by atoms with E-state index in [1.807, 2.05) is 0 Å². The zero-order valence-electron chi connectivity index (χ0n) is 16.3. The molecule has 2 aliphatic heterocycles. The molecule has 0 atom stereocenters. The van der Waals surface area contributed by atoms with Gasteiger partial charge in [0.25, 0.3) is 0 Å². The number of piperazine rings is 1. The molecule has 0 amide bonds. The van der Waals surface area contributed by atoms with E-state index in [1.54, 1.807) is 6.07 Å². The zero-order chi connectivity index (χ0) is 21.3. The molecular weight excluding hydrogens is 433 g/mol. The molecule has 10 heteroatoms. The van der Waals surface area contributed by atoms with Gasteiger partial charge in [-0.25, -0.2) is 17.9 Å². The fraction of sp³-hybridized carbons (Fsp3) is 0.400. The van der Waals surface area contributed by atoms with Gasteiger partial charge in [-0.05, 0) is 30.3 Å².